The van der Waals surface area contributed by atoms with Gasteiger partial charge in [0.25, 0.3) is 0 Å². The molecule has 2 N–H and O–H groups in total. The third kappa shape index (κ3) is 9.07. The summed E-state index contributed by atoms with van der Waals surface area (Å²) < 4.78 is 28.0. The molecule has 1 aromatic carbocycles. The van der Waals surface area contributed by atoms with Crippen molar-refractivity contribution in [2.24, 2.45) is 4.99 Å². The molecule has 0 aromatic heterocycles. The molecule has 7 heteroatoms. The van der Waals surface area contributed by atoms with Crippen LogP contribution >= 0.6 is 0 Å². The van der Waals surface area contributed by atoms with Crippen LogP contribution in [0.15, 0.2) is 29.3 Å². The first-order valence-electron chi connectivity index (χ1n) is 7.64. The fourth-order valence-electron chi connectivity index (χ4n) is 1.86. The van der Waals surface area contributed by atoms with Gasteiger partial charge in [-0.05, 0) is 32.4 Å². The molecule has 0 fully saturated rings. The topological polar surface area (TPSA) is 79.8 Å². The normalized spacial score (nSPS) is 13.5. The van der Waals surface area contributed by atoms with E-state index < -0.39 is 9.84 Å². The van der Waals surface area contributed by atoms with Crippen molar-refractivity contribution in [1.82, 2.24) is 10.6 Å². The predicted octanol–water partition coefficient (Wildman–Crippen LogP) is 1.36. The molecule has 0 aliphatic heterocycles. The van der Waals surface area contributed by atoms with E-state index in [9.17, 15) is 8.42 Å². The summed E-state index contributed by atoms with van der Waals surface area (Å²) in [5, 5.41) is 6.31. The quantitative estimate of drug-likeness (QED) is 0.424. The summed E-state index contributed by atoms with van der Waals surface area (Å²) in [7, 11) is -1.26. The number of sulfone groups is 1. The van der Waals surface area contributed by atoms with E-state index in [2.05, 4.69) is 15.6 Å². The van der Waals surface area contributed by atoms with Gasteiger partial charge in [-0.1, -0.05) is 17.7 Å². The monoisotopic (exact) mass is 341 g/mol. The second-order valence-corrected chi connectivity index (χ2v) is 7.88. The minimum Gasteiger partial charge on any atom is -0.492 e. The zero-order chi connectivity index (χ0) is 17.3. The lowest BCUT2D eigenvalue weighted by atomic mass is 10.2. The predicted molar refractivity (Wildman–Crippen MR) is 95.0 cm³/mol. The third-order valence-corrected chi connectivity index (χ3v) is 4.19. The summed E-state index contributed by atoms with van der Waals surface area (Å²) in [5.74, 6) is 1.63. The van der Waals surface area contributed by atoms with Gasteiger partial charge >= 0.3 is 0 Å². The lowest BCUT2D eigenvalue weighted by Gasteiger charge is -2.17. The number of aryl methyl sites for hydroxylation is 1. The molecule has 0 radical (unpaired) electrons. The summed E-state index contributed by atoms with van der Waals surface area (Å²) in [6.07, 6.45) is 1.79. The van der Waals surface area contributed by atoms with Crippen LogP contribution in [0.1, 0.15) is 18.9 Å². The van der Waals surface area contributed by atoms with Crippen LogP contribution in [-0.2, 0) is 9.84 Å². The van der Waals surface area contributed by atoms with Gasteiger partial charge in [0.2, 0.25) is 0 Å². The van der Waals surface area contributed by atoms with E-state index in [4.69, 9.17) is 4.74 Å². The van der Waals surface area contributed by atoms with Crippen molar-refractivity contribution in [3.8, 4) is 5.75 Å². The van der Waals surface area contributed by atoms with E-state index >= 15 is 0 Å². The number of benzene rings is 1. The Kier molecular flexibility index (Phi) is 7.88. The van der Waals surface area contributed by atoms with Crippen molar-refractivity contribution in [1.29, 1.82) is 0 Å². The zero-order valence-electron chi connectivity index (χ0n) is 14.3. The molecule has 0 aliphatic carbocycles. The maximum absolute atomic E-state index is 11.2. The SMILES string of the molecule is CN=C(NCCOc1ccc(C)cc1)NC(C)CCS(C)(=O)=O. The van der Waals surface area contributed by atoms with Crippen LogP contribution in [0.5, 0.6) is 5.75 Å². The minimum atomic E-state index is -2.94. The van der Waals surface area contributed by atoms with E-state index in [1.54, 1.807) is 7.05 Å². The molecular formula is C16H27N3O3S. The smallest absolute Gasteiger partial charge is 0.191 e. The highest BCUT2D eigenvalue weighted by atomic mass is 32.2. The van der Waals surface area contributed by atoms with Crippen molar-refractivity contribution in [2.75, 3.05) is 32.2 Å². The number of guanidine groups is 1. The van der Waals surface area contributed by atoms with E-state index in [1.165, 1.54) is 11.8 Å². The summed E-state index contributed by atoms with van der Waals surface area (Å²) in [4.78, 5) is 4.12. The van der Waals surface area contributed by atoms with Crippen molar-refractivity contribution >= 4 is 15.8 Å². The van der Waals surface area contributed by atoms with Crippen molar-refractivity contribution in [2.45, 2.75) is 26.3 Å². The van der Waals surface area contributed by atoms with E-state index in [0.29, 0.717) is 25.5 Å². The van der Waals surface area contributed by atoms with Gasteiger partial charge in [0.1, 0.15) is 22.2 Å². The number of hydrogen-bond acceptors (Lipinski definition) is 4. The van der Waals surface area contributed by atoms with Crippen LogP contribution in [0.25, 0.3) is 0 Å². The first-order chi connectivity index (χ1) is 10.8. The summed E-state index contributed by atoms with van der Waals surface area (Å²) >= 11 is 0. The molecule has 0 saturated heterocycles. The van der Waals surface area contributed by atoms with Crippen LogP contribution in [0.3, 0.4) is 0 Å². The zero-order valence-corrected chi connectivity index (χ0v) is 15.1. The molecule has 0 heterocycles. The standard InChI is InChI=1S/C16H27N3O3S/c1-13-5-7-15(8-6-13)22-11-10-18-16(17-3)19-14(2)9-12-23(4,20)21/h5-8,14H,9-12H2,1-4H3,(H2,17,18,19). The second kappa shape index (κ2) is 9.39. The van der Waals surface area contributed by atoms with Gasteiger partial charge in [-0.2, -0.15) is 0 Å². The van der Waals surface area contributed by atoms with Gasteiger partial charge in [-0.25, -0.2) is 8.42 Å². The Morgan fingerprint density at radius 1 is 1.30 bits per heavy atom. The molecule has 130 valence electrons. The second-order valence-electron chi connectivity index (χ2n) is 5.62. The highest BCUT2D eigenvalue weighted by molar-refractivity contribution is 7.90. The maximum atomic E-state index is 11.2. The number of ether oxygens (including phenoxy) is 1. The Hall–Kier alpha value is -1.76. The average Bonchev–Trinajstić information content (AvgIpc) is 2.49. The number of nitrogens with zero attached hydrogens (tertiary/aromatic N) is 1. The van der Waals surface area contributed by atoms with E-state index in [-0.39, 0.29) is 11.8 Å². The van der Waals surface area contributed by atoms with Gasteiger partial charge < -0.3 is 15.4 Å². The molecule has 0 bridgehead atoms. The van der Waals surface area contributed by atoms with Crippen molar-refractivity contribution < 1.29 is 13.2 Å². The number of hydrogen-bond donors (Lipinski definition) is 2. The van der Waals surface area contributed by atoms with E-state index in [0.717, 1.165) is 5.75 Å². The van der Waals surface area contributed by atoms with Crippen molar-refractivity contribution in [3.05, 3.63) is 29.8 Å². The fourth-order valence-corrected chi connectivity index (χ4v) is 2.65. The van der Waals surface area contributed by atoms with E-state index in [1.807, 2.05) is 38.1 Å². The van der Waals surface area contributed by atoms with Crippen LogP contribution in [0.4, 0.5) is 0 Å². The largest absolute Gasteiger partial charge is 0.492 e. The fraction of sp³-hybridized carbons (Fsp3) is 0.562. The maximum Gasteiger partial charge on any atom is 0.191 e. The van der Waals surface area contributed by atoms with Gasteiger partial charge in [0.15, 0.2) is 5.96 Å². The summed E-state index contributed by atoms with van der Waals surface area (Å²) in [5.41, 5.74) is 1.20. The number of aliphatic imine (C=N–C) groups is 1. The Bertz CT molecular complexity index is 598. The molecule has 1 rings (SSSR count). The Morgan fingerprint density at radius 3 is 2.52 bits per heavy atom. The molecule has 1 unspecified atom stereocenters. The molecular weight excluding hydrogens is 314 g/mol. The first-order valence-corrected chi connectivity index (χ1v) is 9.70. The van der Waals surface area contributed by atoms with Crippen LogP contribution in [0, 0.1) is 6.92 Å². The molecule has 23 heavy (non-hydrogen) atoms. The van der Waals surface area contributed by atoms with Gasteiger partial charge in [0.05, 0.1) is 12.3 Å². The number of rotatable bonds is 8. The Labute approximate surface area is 139 Å². The van der Waals surface area contributed by atoms with Crippen molar-refractivity contribution in [3.63, 3.8) is 0 Å². The minimum absolute atomic E-state index is 0.0222. The Balaban J connectivity index is 2.27. The molecule has 1 atom stereocenters. The lowest BCUT2D eigenvalue weighted by Crippen LogP contribution is -2.44. The molecule has 0 spiro atoms. The van der Waals surface area contributed by atoms with Gasteiger partial charge in [0, 0.05) is 19.3 Å². The highest BCUT2D eigenvalue weighted by Crippen LogP contribution is 2.10. The Morgan fingerprint density at radius 2 is 1.96 bits per heavy atom. The summed E-state index contributed by atoms with van der Waals surface area (Å²) in [6, 6.07) is 7.92. The highest BCUT2D eigenvalue weighted by Gasteiger charge is 2.09. The van der Waals surface area contributed by atoms with Crippen LogP contribution < -0.4 is 15.4 Å². The number of nitrogens with one attached hydrogen (secondary N) is 2. The molecule has 6 nitrogen and oxygen atoms in total. The summed E-state index contributed by atoms with van der Waals surface area (Å²) in [6.45, 7) is 5.08. The average molecular weight is 341 g/mol. The molecule has 0 aliphatic rings. The van der Waals surface area contributed by atoms with Gasteiger partial charge in [-0.3, -0.25) is 4.99 Å². The first kappa shape index (κ1) is 19.3. The molecule has 0 amide bonds. The molecule has 0 saturated carbocycles. The van der Waals surface area contributed by atoms with Gasteiger partial charge in [-0.15, -0.1) is 0 Å². The van der Waals surface area contributed by atoms with Crippen LogP contribution in [-0.4, -0.2) is 52.6 Å². The van der Waals surface area contributed by atoms with Crippen LogP contribution in [0.2, 0.25) is 0 Å². The lowest BCUT2D eigenvalue weighted by molar-refractivity contribution is 0.321. The molecule has 1 aromatic rings. The third-order valence-electron chi connectivity index (χ3n) is 3.21.